The number of nitrogens with zero attached hydrogens (tertiary/aromatic N) is 3. The lowest BCUT2D eigenvalue weighted by atomic mass is 10.2. The molecule has 0 saturated carbocycles. The molecule has 9 nitrogen and oxygen atoms in total. The fraction of sp³-hybridized carbons (Fsp3) is 0.308. The van der Waals surface area contributed by atoms with Crippen molar-refractivity contribution in [2.45, 2.75) is 6.42 Å². The minimum Gasteiger partial charge on any atom is -0.486 e. The summed E-state index contributed by atoms with van der Waals surface area (Å²) in [6.45, 7) is 1.34. The molecule has 1 aromatic carbocycles. The molecule has 0 radical (unpaired) electrons. The van der Waals surface area contributed by atoms with Gasteiger partial charge in [-0.15, -0.1) is 0 Å². The number of rotatable bonds is 4. The second kappa shape index (κ2) is 4.79. The van der Waals surface area contributed by atoms with Crippen LogP contribution in [0.5, 0.6) is 11.5 Å². The van der Waals surface area contributed by atoms with E-state index in [9.17, 15) is 4.79 Å². The highest BCUT2D eigenvalue weighted by Gasteiger charge is 2.17. The van der Waals surface area contributed by atoms with E-state index in [0.717, 1.165) is 11.0 Å². The zero-order valence-corrected chi connectivity index (χ0v) is 11.5. The van der Waals surface area contributed by atoms with Crippen LogP contribution in [0.1, 0.15) is 6.42 Å². The van der Waals surface area contributed by atoms with Gasteiger partial charge in [-0.2, -0.15) is 4.98 Å². The zero-order chi connectivity index (χ0) is 15.1. The van der Waals surface area contributed by atoms with Crippen LogP contribution >= 0.6 is 0 Å². The molecular formula is C13H13N5O4. The van der Waals surface area contributed by atoms with E-state index in [0.29, 0.717) is 36.4 Å². The average molecular weight is 303 g/mol. The number of carbonyl (C=O) groups is 1. The molecule has 22 heavy (non-hydrogen) atoms. The summed E-state index contributed by atoms with van der Waals surface area (Å²) >= 11 is 0. The lowest BCUT2D eigenvalue weighted by Gasteiger charge is -2.17. The number of aromatic nitrogens is 4. The minimum atomic E-state index is -0.863. The van der Waals surface area contributed by atoms with Gasteiger partial charge in [0, 0.05) is 18.7 Å². The number of hydrogen-bond donors (Lipinski definition) is 3. The maximum absolute atomic E-state index is 10.5. The molecule has 114 valence electrons. The average Bonchev–Trinajstić information content (AvgIpc) is 3.02. The number of ether oxygens (including phenoxy) is 2. The molecule has 2 aromatic heterocycles. The van der Waals surface area contributed by atoms with Gasteiger partial charge in [0.15, 0.2) is 11.5 Å². The Labute approximate surface area is 123 Å². The lowest BCUT2D eigenvalue weighted by molar-refractivity contribution is -0.136. The van der Waals surface area contributed by atoms with Crippen molar-refractivity contribution in [2.24, 2.45) is 0 Å². The number of aliphatic carboxylic acids is 1. The van der Waals surface area contributed by atoms with Gasteiger partial charge in [-0.25, -0.2) is 9.50 Å². The third kappa shape index (κ3) is 2.07. The third-order valence-corrected chi connectivity index (χ3v) is 3.36. The van der Waals surface area contributed by atoms with Crippen molar-refractivity contribution in [3.63, 3.8) is 0 Å². The van der Waals surface area contributed by atoms with Gasteiger partial charge in [0.05, 0.1) is 17.5 Å². The number of anilines is 1. The van der Waals surface area contributed by atoms with E-state index in [1.54, 1.807) is 4.52 Å². The van der Waals surface area contributed by atoms with Gasteiger partial charge in [-0.3, -0.25) is 9.89 Å². The molecule has 4 rings (SSSR count). The van der Waals surface area contributed by atoms with Gasteiger partial charge in [0.2, 0.25) is 5.95 Å². The fourth-order valence-electron chi connectivity index (χ4n) is 2.38. The summed E-state index contributed by atoms with van der Waals surface area (Å²) in [4.78, 5) is 19.2. The summed E-state index contributed by atoms with van der Waals surface area (Å²) < 4.78 is 12.8. The SMILES string of the molecule is O=C(O)CCNc1nc2nc3cc4c(cc3n2[nH]1)OCCO4. The fourth-order valence-corrected chi connectivity index (χ4v) is 2.38. The molecule has 0 bridgehead atoms. The first kappa shape index (κ1) is 12.7. The Morgan fingerprint density at radius 3 is 2.86 bits per heavy atom. The summed E-state index contributed by atoms with van der Waals surface area (Å²) in [6.07, 6.45) is 0.0163. The Balaban J connectivity index is 1.69. The topological polar surface area (TPSA) is 114 Å². The van der Waals surface area contributed by atoms with Crippen molar-refractivity contribution in [3.05, 3.63) is 12.1 Å². The molecule has 1 aliphatic heterocycles. The molecule has 0 fully saturated rings. The predicted molar refractivity (Wildman–Crippen MR) is 76.6 cm³/mol. The van der Waals surface area contributed by atoms with E-state index < -0.39 is 5.97 Å². The first-order valence-electron chi connectivity index (χ1n) is 6.84. The molecule has 3 aromatic rings. The van der Waals surface area contributed by atoms with Crippen molar-refractivity contribution in [1.82, 2.24) is 19.6 Å². The van der Waals surface area contributed by atoms with E-state index >= 15 is 0 Å². The Morgan fingerprint density at radius 2 is 2.09 bits per heavy atom. The maximum atomic E-state index is 10.5. The highest BCUT2D eigenvalue weighted by Crippen LogP contribution is 2.34. The second-order valence-electron chi connectivity index (χ2n) is 4.87. The monoisotopic (exact) mass is 303 g/mol. The molecule has 0 amide bonds. The Kier molecular flexibility index (Phi) is 2.78. The van der Waals surface area contributed by atoms with Crippen molar-refractivity contribution in [3.8, 4) is 11.5 Å². The highest BCUT2D eigenvalue weighted by molar-refractivity contribution is 5.83. The third-order valence-electron chi connectivity index (χ3n) is 3.36. The largest absolute Gasteiger partial charge is 0.486 e. The molecule has 0 spiro atoms. The number of benzene rings is 1. The van der Waals surface area contributed by atoms with Gasteiger partial charge in [-0.1, -0.05) is 0 Å². The molecular weight excluding hydrogens is 290 g/mol. The number of carboxylic acid groups (broad SMARTS) is 1. The lowest BCUT2D eigenvalue weighted by Crippen LogP contribution is -2.15. The van der Waals surface area contributed by atoms with Gasteiger partial charge in [-0.05, 0) is 0 Å². The van der Waals surface area contributed by atoms with Crippen molar-refractivity contribution in [1.29, 1.82) is 0 Å². The van der Waals surface area contributed by atoms with Gasteiger partial charge < -0.3 is 19.9 Å². The van der Waals surface area contributed by atoms with Gasteiger partial charge >= 0.3 is 5.97 Å². The normalized spacial score (nSPS) is 13.6. The molecule has 3 heterocycles. The van der Waals surface area contributed by atoms with E-state index in [1.807, 2.05) is 12.1 Å². The molecule has 9 heteroatoms. The summed E-state index contributed by atoms with van der Waals surface area (Å²) in [5.74, 6) is 1.46. The van der Waals surface area contributed by atoms with Crippen LogP contribution in [0.15, 0.2) is 12.1 Å². The highest BCUT2D eigenvalue weighted by atomic mass is 16.6. The molecule has 0 aliphatic carbocycles. The van der Waals surface area contributed by atoms with Crippen molar-refractivity contribution in [2.75, 3.05) is 25.1 Å². The zero-order valence-electron chi connectivity index (χ0n) is 11.5. The summed E-state index contributed by atoms with van der Waals surface area (Å²) in [6, 6.07) is 3.67. The Bertz CT molecular complexity index is 868. The Hall–Kier alpha value is -2.97. The standard InChI is InChI=1S/C13H13N5O4/c19-11(20)1-2-14-12-16-13-15-7-5-9-10(22-4-3-21-9)6-8(7)18(13)17-12/h5-6H,1-4H2,(H,19,20)(H2,14,15,16,17). The van der Waals surface area contributed by atoms with Crippen LogP contribution in [0, 0.1) is 0 Å². The van der Waals surface area contributed by atoms with E-state index in [4.69, 9.17) is 14.6 Å². The Morgan fingerprint density at radius 1 is 1.32 bits per heavy atom. The number of carboxylic acids is 1. The predicted octanol–water partition coefficient (Wildman–Crippen LogP) is 0.868. The summed E-state index contributed by atoms with van der Waals surface area (Å²) in [7, 11) is 0. The number of fused-ring (bicyclic) bond motifs is 4. The van der Waals surface area contributed by atoms with Crippen LogP contribution < -0.4 is 14.8 Å². The van der Waals surface area contributed by atoms with E-state index in [1.165, 1.54) is 0 Å². The molecule has 1 aliphatic rings. The number of aromatic amines is 1. The van der Waals surface area contributed by atoms with Crippen LogP contribution in [0.2, 0.25) is 0 Å². The summed E-state index contributed by atoms with van der Waals surface area (Å²) in [5.41, 5.74) is 1.57. The number of imidazole rings is 1. The molecule has 3 N–H and O–H groups in total. The first-order valence-corrected chi connectivity index (χ1v) is 6.84. The van der Waals surface area contributed by atoms with Crippen LogP contribution in [-0.4, -0.2) is 50.4 Å². The van der Waals surface area contributed by atoms with Gasteiger partial charge in [0.25, 0.3) is 5.78 Å². The van der Waals surface area contributed by atoms with Crippen LogP contribution in [0.4, 0.5) is 5.95 Å². The first-order chi connectivity index (χ1) is 10.7. The minimum absolute atomic E-state index is 0.0163. The van der Waals surface area contributed by atoms with Crippen LogP contribution in [0.3, 0.4) is 0 Å². The smallest absolute Gasteiger partial charge is 0.305 e. The van der Waals surface area contributed by atoms with Crippen LogP contribution in [0.25, 0.3) is 16.8 Å². The van der Waals surface area contributed by atoms with E-state index in [2.05, 4.69) is 20.4 Å². The summed E-state index contributed by atoms with van der Waals surface area (Å²) in [5, 5.41) is 14.6. The van der Waals surface area contributed by atoms with Crippen molar-refractivity contribution >= 4 is 28.7 Å². The van der Waals surface area contributed by atoms with Crippen LogP contribution in [-0.2, 0) is 4.79 Å². The second-order valence-corrected chi connectivity index (χ2v) is 4.87. The van der Waals surface area contributed by atoms with Gasteiger partial charge in [0.1, 0.15) is 13.2 Å². The van der Waals surface area contributed by atoms with Crippen molar-refractivity contribution < 1.29 is 19.4 Å². The number of hydrogen-bond acceptors (Lipinski definition) is 6. The molecule has 0 saturated heterocycles. The quantitative estimate of drug-likeness (QED) is 0.655. The van der Waals surface area contributed by atoms with E-state index in [-0.39, 0.29) is 13.0 Å². The molecule has 0 unspecified atom stereocenters. The number of nitrogens with one attached hydrogen (secondary N) is 2. The number of H-pyrrole nitrogens is 1. The molecule has 0 atom stereocenters. The maximum Gasteiger partial charge on any atom is 0.305 e.